The molecule has 0 atom stereocenters. The van der Waals surface area contributed by atoms with Crippen LogP contribution in [0, 0.1) is 0 Å². The molecule has 28 heavy (non-hydrogen) atoms. The Morgan fingerprint density at radius 3 is 2.43 bits per heavy atom. The minimum atomic E-state index is -0.884. The van der Waals surface area contributed by atoms with Crippen LogP contribution in [0.15, 0.2) is 72.8 Å². The van der Waals surface area contributed by atoms with Crippen molar-refractivity contribution >= 4 is 28.5 Å². The lowest BCUT2D eigenvalue weighted by molar-refractivity contribution is -0.136. The average molecular weight is 392 g/mol. The van der Waals surface area contributed by atoms with E-state index in [2.05, 4.69) is 4.98 Å². The zero-order valence-electron chi connectivity index (χ0n) is 15.0. The number of hydrogen-bond donors (Lipinski definition) is 2. The van der Waals surface area contributed by atoms with Crippen molar-refractivity contribution in [3.8, 4) is 17.0 Å². The molecule has 0 unspecified atom stereocenters. The van der Waals surface area contributed by atoms with E-state index in [1.54, 1.807) is 6.07 Å². The van der Waals surface area contributed by atoms with Crippen LogP contribution in [0.25, 0.3) is 22.2 Å². The maximum atomic E-state index is 11.4. The van der Waals surface area contributed by atoms with Gasteiger partial charge in [-0.2, -0.15) is 0 Å². The van der Waals surface area contributed by atoms with E-state index in [-0.39, 0.29) is 6.42 Å². The Bertz CT molecular complexity index is 1120. The van der Waals surface area contributed by atoms with Gasteiger partial charge in [-0.1, -0.05) is 54.1 Å². The summed E-state index contributed by atoms with van der Waals surface area (Å²) in [4.78, 5) is 14.7. The second-order valence-corrected chi connectivity index (χ2v) is 6.92. The summed E-state index contributed by atoms with van der Waals surface area (Å²) < 4.78 is 5.83. The van der Waals surface area contributed by atoms with Gasteiger partial charge in [0, 0.05) is 5.39 Å². The molecule has 2 N–H and O–H groups in total. The van der Waals surface area contributed by atoms with Crippen LogP contribution in [0.5, 0.6) is 5.75 Å². The van der Waals surface area contributed by atoms with Gasteiger partial charge in [0.15, 0.2) is 0 Å². The molecule has 4 aromatic rings. The molecule has 4 nitrogen and oxygen atoms in total. The highest BCUT2D eigenvalue weighted by Crippen LogP contribution is 2.34. The molecule has 5 heteroatoms. The molecule has 0 aliphatic heterocycles. The van der Waals surface area contributed by atoms with Crippen LogP contribution < -0.4 is 4.74 Å². The summed E-state index contributed by atoms with van der Waals surface area (Å²) in [5.41, 5.74) is 4.22. The van der Waals surface area contributed by atoms with E-state index in [0.29, 0.717) is 11.6 Å². The summed E-state index contributed by atoms with van der Waals surface area (Å²) >= 11 is 6.29. The van der Waals surface area contributed by atoms with Gasteiger partial charge in [-0.25, -0.2) is 0 Å². The Morgan fingerprint density at radius 2 is 1.71 bits per heavy atom. The summed E-state index contributed by atoms with van der Waals surface area (Å²) in [7, 11) is 0. The van der Waals surface area contributed by atoms with Crippen molar-refractivity contribution in [2.45, 2.75) is 13.0 Å². The fraction of sp³-hybridized carbons (Fsp3) is 0.0870. The minimum absolute atomic E-state index is 0.0814. The molecule has 1 aromatic heterocycles. The number of H-pyrrole nitrogens is 1. The number of aromatic amines is 1. The highest BCUT2D eigenvalue weighted by molar-refractivity contribution is 6.35. The van der Waals surface area contributed by atoms with Gasteiger partial charge in [0.25, 0.3) is 0 Å². The average Bonchev–Trinajstić information content (AvgIpc) is 3.07. The van der Waals surface area contributed by atoms with Gasteiger partial charge >= 0.3 is 5.97 Å². The normalized spacial score (nSPS) is 10.9. The summed E-state index contributed by atoms with van der Waals surface area (Å²) in [6, 6.07) is 23.1. The summed E-state index contributed by atoms with van der Waals surface area (Å²) in [6.45, 7) is 0.493. The standard InChI is InChI=1S/C23H18ClNO3/c24-20-8-4-7-18-19(13-21(26)27)22(25-23(18)20)16-9-11-17(12-10-16)28-14-15-5-2-1-3-6-15/h1-12,25H,13-14H2,(H,26,27). The largest absolute Gasteiger partial charge is 0.489 e. The molecule has 4 rings (SSSR count). The first-order valence-corrected chi connectivity index (χ1v) is 9.27. The van der Waals surface area contributed by atoms with Crippen LogP contribution in [0.2, 0.25) is 5.02 Å². The van der Waals surface area contributed by atoms with Crippen molar-refractivity contribution in [3.05, 3.63) is 88.9 Å². The Hall–Kier alpha value is -3.24. The predicted octanol–water partition coefficient (Wildman–Crippen LogP) is 5.69. The molecule has 0 amide bonds. The van der Waals surface area contributed by atoms with Gasteiger partial charge < -0.3 is 14.8 Å². The van der Waals surface area contributed by atoms with Crippen molar-refractivity contribution in [2.24, 2.45) is 0 Å². The Kier molecular flexibility index (Phi) is 5.04. The van der Waals surface area contributed by atoms with Crippen molar-refractivity contribution in [1.82, 2.24) is 4.98 Å². The monoisotopic (exact) mass is 391 g/mol. The van der Waals surface area contributed by atoms with Gasteiger partial charge in [0.1, 0.15) is 12.4 Å². The molecule has 1 heterocycles. The molecular formula is C23H18ClNO3. The first kappa shape index (κ1) is 18.1. The van der Waals surface area contributed by atoms with Crippen molar-refractivity contribution < 1.29 is 14.6 Å². The third kappa shape index (κ3) is 3.73. The number of carboxylic acids is 1. The molecule has 0 bridgehead atoms. The van der Waals surface area contributed by atoms with Gasteiger partial charge in [-0.05, 0) is 47.0 Å². The number of ether oxygens (including phenoxy) is 1. The van der Waals surface area contributed by atoms with E-state index in [4.69, 9.17) is 16.3 Å². The van der Waals surface area contributed by atoms with Crippen LogP contribution in [0.4, 0.5) is 0 Å². The Labute approximate surface area is 167 Å². The van der Waals surface area contributed by atoms with Crippen LogP contribution in [-0.2, 0) is 17.8 Å². The molecule has 0 radical (unpaired) electrons. The molecule has 0 saturated heterocycles. The van der Waals surface area contributed by atoms with Gasteiger partial charge in [-0.3, -0.25) is 4.79 Å². The van der Waals surface area contributed by atoms with Crippen LogP contribution >= 0.6 is 11.6 Å². The number of halogens is 1. The molecule has 0 saturated carbocycles. The second-order valence-electron chi connectivity index (χ2n) is 6.51. The number of fused-ring (bicyclic) bond motifs is 1. The third-order valence-electron chi connectivity index (χ3n) is 4.61. The summed E-state index contributed by atoms with van der Waals surface area (Å²) in [6.07, 6.45) is -0.0814. The molecule has 0 spiro atoms. The Balaban J connectivity index is 1.64. The maximum Gasteiger partial charge on any atom is 0.307 e. The first-order chi connectivity index (χ1) is 13.6. The molecule has 3 aromatic carbocycles. The smallest absolute Gasteiger partial charge is 0.307 e. The van der Waals surface area contributed by atoms with E-state index < -0.39 is 5.97 Å². The first-order valence-electron chi connectivity index (χ1n) is 8.90. The van der Waals surface area contributed by atoms with Crippen LogP contribution in [0.1, 0.15) is 11.1 Å². The van der Waals surface area contributed by atoms with E-state index >= 15 is 0 Å². The summed E-state index contributed by atoms with van der Waals surface area (Å²) in [5.74, 6) is -0.133. The van der Waals surface area contributed by atoms with Gasteiger partial charge in [0.2, 0.25) is 0 Å². The third-order valence-corrected chi connectivity index (χ3v) is 4.92. The lowest BCUT2D eigenvalue weighted by Gasteiger charge is -2.08. The SMILES string of the molecule is O=C(O)Cc1c(-c2ccc(OCc3ccccc3)cc2)[nH]c2c(Cl)cccc12. The molecular weight excluding hydrogens is 374 g/mol. The fourth-order valence-corrected chi connectivity index (χ4v) is 3.50. The number of benzene rings is 3. The number of aromatic nitrogens is 1. The van der Waals surface area contributed by atoms with E-state index in [1.165, 1.54) is 0 Å². The molecule has 140 valence electrons. The van der Waals surface area contributed by atoms with Crippen molar-refractivity contribution in [3.63, 3.8) is 0 Å². The number of aliphatic carboxylic acids is 1. The predicted molar refractivity (Wildman–Crippen MR) is 111 cm³/mol. The zero-order valence-corrected chi connectivity index (χ0v) is 15.7. The highest BCUT2D eigenvalue weighted by atomic mass is 35.5. The van der Waals surface area contributed by atoms with E-state index in [9.17, 15) is 9.90 Å². The van der Waals surface area contributed by atoms with E-state index in [1.807, 2.05) is 66.7 Å². The highest BCUT2D eigenvalue weighted by Gasteiger charge is 2.17. The molecule has 0 aliphatic carbocycles. The minimum Gasteiger partial charge on any atom is -0.489 e. The number of nitrogens with one attached hydrogen (secondary N) is 1. The van der Waals surface area contributed by atoms with Crippen LogP contribution in [-0.4, -0.2) is 16.1 Å². The van der Waals surface area contributed by atoms with E-state index in [0.717, 1.165) is 39.0 Å². The molecule has 0 aliphatic rings. The van der Waals surface area contributed by atoms with Gasteiger partial charge in [-0.15, -0.1) is 0 Å². The molecule has 0 fully saturated rings. The lowest BCUT2D eigenvalue weighted by Crippen LogP contribution is -2.01. The van der Waals surface area contributed by atoms with Crippen molar-refractivity contribution in [1.29, 1.82) is 0 Å². The summed E-state index contributed by atoms with van der Waals surface area (Å²) in [5, 5.41) is 10.7. The zero-order chi connectivity index (χ0) is 19.5. The quantitative estimate of drug-likeness (QED) is 0.443. The second kappa shape index (κ2) is 7.79. The van der Waals surface area contributed by atoms with Crippen LogP contribution in [0.3, 0.4) is 0 Å². The van der Waals surface area contributed by atoms with Gasteiger partial charge in [0.05, 0.1) is 22.7 Å². The fourth-order valence-electron chi connectivity index (χ4n) is 3.28. The Morgan fingerprint density at radius 1 is 0.964 bits per heavy atom. The number of carboxylic acid groups (broad SMARTS) is 1. The maximum absolute atomic E-state index is 11.4. The number of para-hydroxylation sites is 1. The lowest BCUT2D eigenvalue weighted by atomic mass is 10.0. The topological polar surface area (TPSA) is 62.3 Å². The number of hydrogen-bond acceptors (Lipinski definition) is 2. The number of rotatable bonds is 6. The van der Waals surface area contributed by atoms with Crippen molar-refractivity contribution in [2.75, 3.05) is 0 Å². The number of carbonyl (C=O) groups is 1.